The quantitative estimate of drug-likeness (QED) is 0.609. The second kappa shape index (κ2) is 3.30. The maximum absolute atomic E-state index is 10.7. The summed E-state index contributed by atoms with van der Waals surface area (Å²) in [6.07, 6.45) is 4.03. The van der Waals surface area contributed by atoms with Crippen molar-refractivity contribution in [2.24, 2.45) is 0 Å². The van der Waals surface area contributed by atoms with E-state index in [1.807, 2.05) is 0 Å². The monoisotopic (exact) mass is 213 g/mol. The average molecular weight is 213 g/mol. The van der Waals surface area contributed by atoms with E-state index in [-0.39, 0.29) is 0 Å². The van der Waals surface area contributed by atoms with Crippen molar-refractivity contribution < 1.29 is 9.21 Å². The van der Waals surface area contributed by atoms with Crippen molar-refractivity contribution >= 4 is 11.9 Å². The predicted octanol–water partition coefficient (Wildman–Crippen LogP) is 1.80. The smallest absolute Gasteiger partial charge is 0.204 e. The fourth-order valence-electron chi connectivity index (χ4n) is 1.55. The van der Waals surface area contributed by atoms with Crippen LogP contribution in [0.5, 0.6) is 0 Å². The van der Waals surface area contributed by atoms with E-state index >= 15 is 0 Å². The van der Waals surface area contributed by atoms with Crippen LogP contribution in [0.3, 0.4) is 0 Å². The molecule has 3 heterocycles. The number of carbonyl (C=O) groups is 1. The lowest BCUT2D eigenvalue weighted by Gasteiger charge is -1.96. The van der Waals surface area contributed by atoms with E-state index < -0.39 is 0 Å². The molecule has 3 aromatic heterocycles. The maximum Gasteiger partial charge on any atom is 0.204 e. The Balaban J connectivity index is 2.29. The molecule has 0 amide bonds. The summed E-state index contributed by atoms with van der Waals surface area (Å²) in [5.41, 5.74) is 1.25. The number of hydrogen-bond acceptors (Lipinski definition) is 4. The summed E-state index contributed by atoms with van der Waals surface area (Å²) >= 11 is 0. The average Bonchev–Trinajstić information content (AvgIpc) is 2.96. The third-order valence-electron chi connectivity index (χ3n) is 2.30. The summed E-state index contributed by atoms with van der Waals surface area (Å²) in [6.45, 7) is 0. The SMILES string of the molecule is O=Cc1ccc2nnc(-c3ccco3)n2c1. The molecule has 0 bridgehead atoms. The molecule has 0 fully saturated rings. The zero-order valence-corrected chi connectivity index (χ0v) is 8.20. The zero-order chi connectivity index (χ0) is 11.0. The lowest BCUT2D eigenvalue weighted by molar-refractivity contribution is 0.112. The van der Waals surface area contributed by atoms with Crippen molar-refractivity contribution in [2.45, 2.75) is 0 Å². The summed E-state index contributed by atoms with van der Waals surface area (Å²) < 4.78 is 6.97. The van der Waals surface area contributed by atoms with Gasteiger partial charge in [-0.25, -0.2) is 0 Å². The first kappa shape index (κ1) is 8.84. The Labute approximate surface area is 90.3 Å². The molecule has 5 heteroatoms. The summed E-state index contributed by atoms with van der Waals surface area (Å²) in [5, 5.41) is 8.00. The molecule has 0 saturated heterocycles. The molecule has 0 aliphatic carbocycles. The highest BCUT2D eigenvalue weighted by Crippen LogP contribution is 2.18. The highest BCUT2D eigenvalue weighted by atomic mass is 16.3. The lowest BCUT2D eigenvalue weighted by atomic mass is 10.3. The topological polar surface area (TPSA) is 60.4 Å². The molecule has 3 rings (SSSR count). The van der Waals surface area contributed by atoms with Crippen LogP contribution in [0.2, 0.25) is 0 Å². The van der Waals surface area contributed by atoms with E-state index in [9.17, 15) is 4.79 Å². The van der Waals surface area contributed by atoms with Crippen LogP contribution in [0.4, 0.5) is 0 Å². The molecular formula is C11H7N3O2. The van der Waals surface area contributed by atoms with Gasteiger partial charge in [0.1, 0.15) is 0 Å². The number of nitrogens with zero attached hydrogens (tertiary/aromatic N) is 3. The highest BCUT2D eigenvalue weighted by molar-refractivity contribution is 5.75. The van der Waals surface area contributed by atoms with Gasteiger partial charge in [0.15, 0.2) is 17.7 Å². The molecule has 0 aliphatic heterocycles. The minimum atomic E-state index is 0.570. The molecular weight excluding hydrogens is 206 g/mol. The summed E-state index contributed by atoms with van der Waals surface area (Å²) in [4.78, 5) is 10.7. The van der Waals surface area contributed by atoms with Crippen molar-refractivity contribution in [3.63, 3.8) is 0 Å². The van der Waals surface area contributed by atoms with Crippen molar-refractivity contribution in [3.8, 4) is 11.6 Å². The Bertz CT molecular complexity index is 640. The maximum atomic E-state index is 10.7. The summed E-state index contributed by atoms with van der Waals surface area (Å²) in [6, 6.07) is 7.01. The molecule has 0 atom stereocenters. The number of pyridine rings is 1. The number of rotatable bonds is 2. The third-order valence-corrected chi connectivity index (χ3v) is 2.30. The number of aromatic nitrogens is 3. The van der Waals surface area contributed by atoms with Gasteiger partial charge < -0.3 is 4.42 Å². The van der Waals surface area contributed by atoms with Crippen LogP contribution in [0.15, 0.2) is 41.1 Å². The Kier molecular flexibility index (Phi) is 1.83. The fraction of sp³-hybridized carbons (Fsp3) is 0. The largest absolute Gasteiger partial charge is 0.461 e. The Hall–Kier alpha value is -2.43. The summed E-state index contributed by atoms with van der Waals surface area (Å²) in [7, 11) is 0. The first-order chi connectivity index (χ1) is 7.88. The van der Waals surface area contributed by atoms with Gasteiger partial charge in [-0.05, 0) is 24.3 Å². The minimum absolute atomic E-state index is 0.570. The molecule has 78 valence electrons. The molecule has 0 unspecified atom stereocenters. The van der Waals surface area contributed by atoms with Crippen LogP contribution in [-0.2, 0) is 0 Å². The van der Waals surface area contributed by atoms with E-state index in [0.29, 0.717) is 22.8 Å². The van der Waals surface area contributed by atoms with Gasteiger partial charge >= 0.3 is 0 Å². The molecule has 16 heavy (non-hydrogen) atoms. The fourth-order valence-corrected chi connectivity index (χ4v) is 1.55. The molecule has 5 nitrogen and oxygen atoms in total. The van der Waals surface area contributed by atoms with E-state index in [4.69, 9.17) is 4.42 Å². The van der Waals surface area contributed by atoms with Gasteiger partial charge in [0.2, 0.25) is 5.82 Å². The van der Waals surface area contributed by atoms with Gasteiger partial charge in [-0.15, -0.1) is 10.2 Å². The highest BCUT2D eigenvalue weighted by Gasteiger charge is 2.10. The van der Waals surface area contributed by atoms with E-state index in [1.165, 1.54) is 0 Å². The molecule has 3 aromatic rings. The van der Waals surface area contributed by atoms with E-state index in [0.717, 1.165) is 6.29 Å². The van der Waals surface area contributed by atoms with Crippen molar-refractivity contribution in [1.82, 2.24) is 14.6 Å². The van der Waals surface area contributed by atoms with Crippen LogP contribution < -0.4 is 0 Å². The molecule has 0 aromatic carbocycles. The second-order valence-corrected chi connectivity index (χ2v) is 3.31. The van der Waals surface area contributed by atoms with Crippen LogP contribution in [-0.4, -0.2) is 20.9 Å². The van der Waals surface area contributed by atoms with Crippen LogP contribution >= 0.6 is 0 Å². The Morgan fingerprint density at radius 1 is 1.25 bits per heavy atom. The van der Waals surface area contributed by atoms with Crippen molar-refractivity contribution in [2.75, 3.05) is 0 Å². The normalized spacial score (nSPS) is 10.8. The van der Waals surface area contributed by atoms with Gasteiger partial charge in [0.25, 0.3) is 0 Å². The number of carbonyl (C=O) groups excluding carboxylic acids is 1. The number of aldehydes is 1. The number of furan rings is 1. The van der Waals surface area contributed by atoms with Crippen LogP contribution in [0.25, 0.3) is 17.2 Å². The second-order valence-electron chi connectivity index (χ2n) is 3.31. The number of hydrogen-bond donors (Lipinski definition) is 0. The first-order valence-corrected chi connectivity index (χ1v) is 4.72. The van der Waals surface area contributed by atoms with Crippen molar-refractivity contribution in [3.05, 3.63) is 42.3 Å². The molecule has 0 spiro atoms. The van der Waals surface area contributed by atoms with Gasteiger partial charge in [-0.3, -0.25) is 9.20 Å². The molecule has 0 radical (unpaired) electrons. The minimum Gasteiger partial charge on any atom is -0.461 e. The van der Waals surface area contributed by atoms with Crippen LogP contribution in [0.1, 0.15) is 10.4 Å². The summed E-state index contributed by atoms with van der Waals surface area (Å²) in [5.74, 6) is 1.21. The van der Waals surface area contributed by atoms with Crippen LogP contribution in [0, 0.1) is 0 Å². The lowest BCUT2D eigenvalue weighted by Crippen LogP contribution is -1.90. The Morgan fingerprint density at radius 3 is 2.94 bits per heavy atom. The third kappa shape index (κ3) is 1.22. The van der Waals surface area contributed by atoms with Gasteiger partial charge in [-0.2, -0.15) is 0 Å². The van der Waals surface area contributed by atoms with E-state index in [1.54, 1.807) is 41.1 Å². The van der Waals surface area contributed by atoms with Gasteiger partial charge in [0, 0.05) is 11.8 Å². The Morgan fingerprint density at radius 2 is 2.19 bits per heavy atom. The molecule has 0 aliphatic rings. The van der Waals surface area contributed by atoms with Gasteiger partial charge in [0.05, 0.1) is 6.26 Å². The first-order valence-electron chi connectivity index (χ1n) is 4.72. The number of fused-ring (bicyclic) bond motifs is 1. The zero-order valence-electron chi connectivity index (χ0n) is 8.20. The van der Waals surface area contributed by atoms with Gasteiger partial charge in [-0.1, -0.05) is 0 Å². The van der Waals surface area contributed by atoms with E-state index in [2.05, 4.69) is 10.2 Å². The molecule has 0 N–H and O–H groups in total. The molecule has 0 saturated carbocycles. The van der Waals surface area contributed by atoms with Crippen molar-refractivity contribution in [1.29, 1.82) is 0 Å². The standard InChI is InChI=1S/C11H7N3O2/c15-7-8-3-4-10-12-13-11(14(10)6-8)9-2-1-5-16-9/h1-7H. The predicted molar refractivity (Wildman–Crippen MR) is 56.1 cm³/mol.